The number of nitrogens with one attached hydrogen (secondary N) is 1. The van der Waals surface area contributed by atoms with Crippen molar-refractivity contribution in [1.82, 2.24) is 0 Å². The van der Waals surface area contributed by atoms with Gasteiger partial charge in [0.25, 0.3) is 0 Å². The first-order valence-electron chi connectivity index (χ1n) is 6.55. The van der Waals surface area contributed by atoms with E-state index in [1.807, 2.05) is 43.3 Å². The summed E-state index contributed by atoms with van der Waals surface area (Å²) >= 11 is 0. The molecule has 0 aliphatic heterocycles. The van der Waals surface area contributed by atoms with Crippen LogP contribution in [0.4, 0.5) is 5.69 Å². The summed E-state index contributed by atoms with van der Waals surface area (Å²) in [7, 11) is 1.67. The van der Waals surface area contributed by atoms with Crippen LogP contribution in [0, 0.1) is 18.3 Å². The van der Waals surface area contributed by atoms with Crippen LogP contribution in [0.1, 0.15) is 29.7 Å². The minimum absolute atomic E-state index is 0.138. The van der Waals surface area contributed by atoms with Crippen LogP contribution in [-0.4, -0.2) is 7.11 Å². The lowest BCUT2D eigenvalue weighted by Gasteiger charge is -2.18. The Morgan fingerprint density at radius 1 is 1.15 bits per heavy atom. The Morgan fingerprint density at radius 3 is 2.45 bits per heavy atom. The van der Waals surface area contributed by atoms with Crippen LogP contribution in [0.15, 0.2) is 42.5 Å². The number of ether oxygens (including phenoxy) is 1. The van der Waals surface area contributed by atoms with Gasteiger partial charge >= 0.3 is 0 Å². The molecule has 3 nitrogen and oxygen atoms in total. The fourth-order valence-electron chi connectivity index (χ4n) is 2.08. The fourth-order valence-corrected chi connectivity index (χ4v) is 2.08. The molecule has 0 bridgehead atoms. The molecule has 0 amide bonds. The van der Waals surface area contributed by atoms with E-state index < -0.39 is 0 Å². The second kappa shape index (κ2) is 6.12. The molecule has 0 saturated carbocycles. The van der Waals surface area contributed by atoms with Gasteiger partial charge in [0.15, 0.2) is 0 Å². The normalized spacial score (nSPS) is 11.5. The van der Waals surface area contributed by atoms with Crippen molar-refractivity contribution in [3.8, 4) is 11.8 Å². The van der Waals surface area contributed by atoms with Gasteiger partial charge in [0.1, 0.15) is 5.75 Å². The van der Waals surface area contributed by atoms with E-state index in [-0.39, 0.29) is 6.04 Å². The van der Waals surface area contributed by atoms with Crippen molar-refractivity contribution in [3.63, 3.8) is 0 Å². The zero-order chi connectivity index (χ0) is 14.5. The van der Waals surface area contributed by atoms with Gasteiger partial charge in [0.2, 0.25) is 0 Å². The molecule has 0 fully saturated rings. The Hall–Kier alpha value is -2.47. The molecule has 1 N–H and O–H groups in total. The lowest BCUT2D eigenvalue weighted by molar-refractivity contribution is 0.416. The predicted octanol–water partition coefficient (Wildman–Crippen LogP) is 4.05. The van der Waals surface area contributed by atoms with Crippen molar-refractivity contribution < 1.29 is 4.74 Å². The van der Waals surface area contributed by atoms with Crippen molar-refractivity contribution in [2.45, 2.75) is 19.9 Å². The average molecular weight is 266 g/mol. The minimum Gasteiger partial charge on any atom is -0.495 e. The van der Waals surface area contributed by atoms with E-state index in [1.54, 1.807) is 7.11 Å². The molecule has 2 aromatic carbocycles. The topological polar surface area (TPSA) is 45.0 Å². The van der Waals surface area contributed by atoms with Crippen molar-refractivity contribution in [2.75, 3.05) is 12.4 Å². The van der Waals surface area contributed by atoms with Crippen LogP contribution in [0.2, 0.25) is 0 Å². The van der Waals surface area contributed by atoms with E-state index in [0.29, 0.717) is 5.56 Å². The van der Waals surface area contributed by atoms with Gasteiger partial charge in [-0.2, -0.15) is 5.26 Å². The molecule has 1 atom stereocenters. The maximum Gasteiger partial charge on any atom is 0.142 e. The molecule has 0 spiro atoms. The third kappa shape index (κ3) is 3.10. The van der Waals surface area contributed by atoms with Crippen molar-refractivity contribution in [3.05, 3.63) is 59.2 Å². The first-order valence-corrected chi connectivity index (χ1v) is 6.55. The molecular weight excluding hydrogens is 248 g/mol. The van der Waals surface area contributed by atoms with E-state index >= 15 is 0 Å². The summed E-state index contributed by atoms with van der Waals surface area (Å²) in [6.45, 7) is 4.12. The highest BCUT2D eigenvalue weighted by molar-refractivity contribution is 5.58. The van der Waals surface area contributed by atoms with Crippen LogP contribution >= 0.6 is 0 Å². The van der Waals surface area contributed by atoms with Crippen molar-refractivity contribution >= 4 is 5.69 Å². The highest BCUT2D eigenvalue weighted by Crippen LogP contribution is 2.29. The van der Waals surface area contributed by atoms with Crippen LogP contribution in [-0.2, 0) is 0 Å². The first kappa shape index (κ1) is 14.0. The molecule has 1 unspecified atom stereocenters. The highest BCUT2D eigenvalue weighted by atomic mass is 16.5. The maximum absolute atomic E-state index is 8.81. The molecular formula is C17H18N2O. The summed E-state index contributed by atoms with van der Waals surface area (Å²) in [5.41, 5.74) is 3.94. The number of rotatable bonds is 4. The first-order chi connectivity index (χ1) is 9.63. The summed E-state index contributed by atoms with van der Waals surface area (Å²) in [4.78, 5) is 0. The monoisotopic (exact) mass is 266 g/mol. The molecule has 0 aliphatic carbocycles. The van der Waals surface area contributed by atoms with Crippen molar-refractivity contribution in [1.29, 1.82) is 5.26 Å². The molecule has 3 heteroatoms. The Labute approximate surface area is 119 Å². The van der Waals surface area contributed by atoms with E-state index in [1.165, 1.54) is 5.56 Å². The summed E-state index contributed by atoms with van der Waals surface area (Å²) < 4.78 is 5.39. The second-order valence-corrected chi connectivity index (χ2v) is 4.80. The zero-order valence-electron chi connectivity index (χ0n) is 12.0. The Balaban J connectivity index is 2.18. The van der Waals surface area contributed by atoms with Gasteiger partial charge in [-0.25, -0.2) is 0 Å². The van der Waals surface area contributed by atoms with Crippen LogP contribution in [0.3, 0.4) is 0 Å². The van der Waals surface area contributed by atoms with Crippen molar-refractivity contribution in [2.24, 2.45) is 0 Å². The molecule has 0 heterocycles. The van der Waals surface area contributed by atoms with E-state index in [0.717, 1.165) is 17.0 Å². The quantitative estimate of drug-likeness (QED) is 0.908. The van der Waals surface area contributed by atoms with Gasteiger partial charge < -0.3 is 10.1 Å². The number of aryl methyl sites for hydroxylation is 1. The molecule has 0 aliphatic rings. The van der Waals surface area contributed by atoms with E-state index in [2.05, 4.69) is 24.4 Å². The third-order valence-electron chi connectivity index (χ3n) is 3.27. The summed E-state index contributed by atoms with van der Waals surface area (Å²) in [5, 5.41) is 12.2. The lowest BCUT2D eigenvalue weighted by atomic mass is 10.1. The Kier molecular flexibility index (Phi) is 4.27. The molecule has 0 saturated heterocycles. The summed E-state index contributed by atoms with van der Waals surface area (Å²) in [6.07, 6.45) is 0. The highest BCUT2D eigenvalue weighted by Gasteiger charge is 2.09. The minimum atomic E-state index is 0.138. The van der Waals surface area contributed by atoms with Gasteiger partial charge in [0, 0.05) is 6.04 Å². The second-order valence-electron chi connectivity index (χ2n) is 4.80. The zero-order valence-corrected chi connectivity index (χ0v) is 12.0. The van der Waals surface area contributed by atoms with Gasteiger partial charge in [-0.1, -0.05) is 18.2 Å². The Bertz CT molecular complexity index is 626. The van der Waals surface area contributed by atoms with E-state index in [4.69, 9.17) is 10.00 Å². The molecule has 2 aromatic rings. The number of hydrogen-bond donors (Lipinski definition) is 1. The largest absolute Gasteiger partial charge is 0.495 e. The number of benzene rings is 2. The van der Waals surface area contributed by atoms with Gasteiger partial charge in [-0.3, -0.25) is 0 Å². The molecule has 0 radical (unpaired) electrons. The standard InChI is InChI=1S/C17H18N2O/c1-12-4-9-16(17(10-12)20-3)19-13(2)15-7-5-14(11-18)6-8-15/h4-10,13,19H,1-3H3. The number of anilines is 1. The van der Waals surface area contributed by atoms with Gasteiger partial charge in [-0.15, -0.1) is 0 Å². The molecule has 0 aromatic heterocycles. The predicted molar refractivity (Wildman–Crippen MR) is 80.9 cm³/mol. The van der Waals surface area contributed by atoms with Gasteiger partial charge in [0.05, 0.1) is 24.4 Å². The summed E-state index contributed by atoms with van der Waals surface area (Å²) in [6, 6.07) is 16.0. The van der Waals surface area contributed by atoms with E-state index in [9.17, 15) is 0 Å². The SMILES string of the molecule is COc1cc(C)ccc1NC(C)c1ccc(C#N)cc1. The van der Waals surface area contributed by atoms with Crippen LogP contribution in [0.5, 0.6) is 5.75 Å². The summed E-state index contributed by atoms with van der Waals surface area (Å²) in [5.74, 6) is 0.838. The van der Waals surface area contributed by atoms with Gasteiger partial charge in [-0.05, 0) is 49.2 Å². The smallest absolute Gasteiger partial charge is 0.142 e. The average Bonchev–Trinajstić information content (AvgIpc) is 2.49. The molecule has 20 heavy (non-hydrogen) atoms. The van der Waals surface area contributed by atoms with Crippen LogP contribution < -0.4 is 10.1 Å². The molecule has 102 valence electrons. The number of hydrogen-bond acceptors (Lipinski definition) is 3. The molecule has 2 rings (SSSR count). The number of methoxy groups -OCH3 is 1. The number of nitriles is 1. The Morgan fingerprint density at radius 2 is 1.85 bits per heavy atom. The maximum atomic E-state index is 8.81. The third-order valence-corrected chi connectivity index (χ3v) is 3.27. The fraction of sp³-hybridized carbons (Fsp3) is 0.235. The lowest BCUT2D eigenvalue weighted by Crippen LogP contribution is -2.07. The van der Waals surface area contributed by atoms with Crippen LogP contribution in [0.25, 0.3) is 0 Å². The number of nitrogens with zero attached hydrogens (tertiary/aromatic N) is 1.